The van der Waals surface area contributed by atoms with Crippen molar-refractivity contribution in [1.82, 2.24) is 4.98 Å². The second-order valence-corrected chi connectivity index (χ2v) is 2.94. The molecule has 0 saturated carbocycles. The number of rotatable bonds is 3. The highest BCUT2D eigenvalue weighted by molar-refractivity contribution is 6.68. The van der Waals surface area contributed by atoms with Gasteiger partial charge in [-0.2, -0.15) is 0 Å². The van der Waals surface area contributed by atoms with Crippen molar-refractivity contribution in [2.45, 2.75) is 6.43 Å². The number of methoxy groups -OCH3 is 1. The molecule has 0 aliphatic rings. The third kappa shape index (κ3) is 2.33. The highest BCUT2D eigenvalue weighted by Gasteiger charge is 2.20. The topological polar surface area (TPSA) is 65.2 Å². The summed E-state index contributed by atoms with van der Waals surface area (Å²) in [6.45, 7) is 0. The first-order valence-corrected chi connectivity index (χ1v) is 4.17. The van der Waals surface area contributed by atoms with Crippen molar-refractivity contribution in [2.75, 3.05) is 12.8 Å². The zero-order valence-electron chi connectivity index (χ0n) is 7.63. The number of aromatic nitrogens is 1. The van der Waals surface area contributed by atoms with E-state index in [-0.39, 0.29) is 17.1 Å². The first-order chi connectivity index (χ1) is 6.97. The molecule has 7 heteroatoms. The Hall–Kier alpha value is -1.43. The first kappa shape index (κ1) is 11.6. The van der Waals surface area contributed by atoms with E-state index in [9.17, 15) is 13.6 Å². The van der Waals surface area contributed by atoms with E-state index >= 15 is 0 Å². The second-order valence-electron chi connectivity index (χ2n) is 2.59. The first-order valence-electron chi connectivity index (χ1n) is 3.79. The highest BCUT2D eigenvalue weighted by atomic mass is 35.5. The number of ether oxygens (including phenoxy) is 1. The fraction of sp³-hybridized carbons (Fsp3) is 0.250. The lowest BCUT2D eigenvalue weighted by Gasteiger charge is -2.08. The molecule has 2 N–H and O–H groups in total. The lowest BCUT2D eigenvalue weighted by atomic mass is 10.2. The van der Waals surface area contributed by atoms with Gasteiger partial charge in [-0.1, -0.05) is 0 Å². The zero-order chi connectivity index (χ0) is 11.6. The number of alkyl halides is 2. The van der Waals surface area contributed by atoms with E-state index < -0.39 is 17.4 Å². The van der Waals surface area contributed by atoms with Crippen LogP contribution < -0.4 is 10.5 Å². The Bertz CT molecular complexity index is 398. The van der Waals surface area contributed by atoms with Crippen molar-refractivity contribution >= 4 is 22.5 Å². The van der Waals surface area contributed by atoms with Gasteiger partial charge in [-0.15, -0.1) is 0 Å². The number of pyridine rings is 1. The largest absolute Gasteiger partial charge is 0.480 e. The minimum atomic E-state index is -2.83. The lowest BCUT2D eigenvalue weighted by Crippen LogP contribution is -2.05. The van der Waals surface area contributed by atoms with Crippen molar-refractivity contribution in [1.29, 1.82) is 0 Å². The van der Waals surface area contributed by atoms with Crippen LogP contribution in [0.2, 0.25) is 0 Å². The third-order valence-electron chi connectivity index (χ3n) is 1.66. The Morgan fingerprint density at radius 1 is 1.67 bits per heavy atom. The predicted molar refractivity (Wildman–Crippen MR) is 50.3 cm³/mol. The molecule has 82 valence electrons. The molecule has 0 aliphatic heterocycles. The van der Waals surface area contributed by atoms with Crippen LogP contribution in [0.1, 0.15) is 22.5 Å². The molecule has 1 aromatic rings. The van der Waals surface area contributed by atoms with Crippen molar-refractivity contribution in [2.24, 2.45) is 0 Å². The standard InChI is InChI=1S/C8H7ClF2N2O2/c1-15-8-3(6(9)14)2-4(12)5(13-8)7(10)11/h2,7H,12H2,1H3. The maximum Gasteiger partial charge on any atom is 0.282 e. The summed E-state index contributed by atoms with van der Waals surface area (Å²) in [5.41, 5.74) is 4.21. The van der Waals surface area contributed by atoms with Gasteiger partial charge in [0.2, 0.25) is 5.88 Å². The summed E-state index contributed by atoms with van der Waals surface area (Å²) in [5, 5.41) is -0.869. The quantitative estimate of drug-likeness (QED) is 0.815. The van der Waals surface area contributed by atoms with Crippen LogP contribution in [-0.4, -0.2) is 17.3 Å². The molecule has 0 spiro atoms. The number of carbonyl (C=O) groups excluding carboxylic acids is 1. The van der Waals surface area contributed by atoms with Crippen molar-refractivity contribution < 1.29 is 18.3 Å². The molecule has 0 aromatic carbocycles. The molecular formula is C8H7ClF2N2O2. The average molecular weight is 237 g/mol. The van der Waals surface area contributed by atoms with E-state index in [4.69, 9.17) is 17.3 Å². The van der Waals surface area contributed by atoms with Gasteiger partial charge in [-0.05, 0) is 17.7 Å². The van der Waals surface area contributed by atoms with Gasteiger partial charge < -0.3 is 10.5 Å². The van der Waals surface area contributed by atoms with Crippen LogP contribution in [-0.2, 0) is 0 Å². The molecule has 1 heterocycles. The minimum Gasteiger partial charge on any atom is -0.480 e. The summed E-state index contributed by atoms with van der Waals surface area (Å²) in [7, 11) is 1.19. The Balaban J connectivity index is 3.35. The van der Waals surface area contributed by atoms with Gasteiger partial charge in [0, 0.05) is 0 Å². The van der Waals surface area contributed by atoms with Gasteiger partial charge >= 0.3 is 0 Å². The molecule has 0 radical (unpaired) electrons. The van der Waals surface area contributed by atoms with Gasteiger partial charge in [0.25, 0.3) is 11.7 Å². The minimum absolute atomic E-state index is 0.138. The maximum absolute atomic E-state index is 12.4. The van der Waals surface area contributed by atoms with E-state index in [1.54, 1.807) is 0 Å². The number of nitrogens with two attached hydrogens (primary N) is 1. The molecule has 0 fully saturated rings. The fourth-order valence-electron chi connectivity index (χ4n) is 0.997. The number of anilines is 1. The van der Waals surface area contributed by atoms with Gasteiger partial charge in [0.05, 0.1) is 18.4 Å². The smallest absolute Gasteiger partial charge is 0.282 e. The Kier molecular flexibility index (Phi) is 3.41. The van der Waals surface area contributed by atoms with E-state index in [1.165, 1.54) is 7.11 Å². The molecule has 0 bridgehead atoms. The van der Waals surface area contributed by atoms with Crippen molar-refractivity contribution in [3.8, 4) is 5.88 Å². The summed E-state index contributed by atoms with van der Waals surface area (Å²) in [5.74, 6) is -0.264. The van der Waals surface area contributed by atoms with Crippen LogP contribution >= 0.6 is 11.6 Å². The summed E-state index contributed by atoms with van der Waals surface area (Å²) < 4.78 is 29.4. The van der Waals surface area contributed by atoms with Gasteiger partial charge in [-0.25, -0.2) is 13.8 Å². The molecule has 1 rings (SSSR count). The summed E-state index contributed by atoms with van der Waals surface area (Å²) in [6, 6.07) is 1.02. The number of halogens is 3. The van der Waals surface area contributed by atoms with Crippen LogP contribution in [0.15, 0.2) is 6.07 Å². The van der Waals surface area contributed by atoms with Crippen LogP contribution in [0.5, 0.6) is 5.88 Å². The Labute approximate surface area is 89.0 Å². The lowest BCUT2D eigenvalue weighted by molar-refractivity contribution is 0.107. The molecule has 0 amide bonds. The molecule has 0 saturated heterocycles. The molecule has 0 aliphatic carbocycles. The third-order valence-corrected chi connectivity index (χ3v) is 1.86. The van der Waals surface area contributed by atoms with Crippen molar-refractivity contribution in [3.05, 3.63) is 17.3 Å². The highest BCUT2D eigenvalue weighted by Crippen LogP contribution is 2.29. The monoisotopic (exact) mass is 236 g/mol. The molecule has 4 nitrogen and oxygen atoms in total. The van der Waals surface area contributed by atoms with Gasteiger partial charge in [-0.3, -0.25) is 4.79 Å². The number of nitrogens with zero attached hydrogens (tertiary/aromatic N) is 1. The van der Waals surface area contributed by atoms with Crippen molar-refractivity contribution in [3.63, 3.8) is 0 Å². The van der Waals surface area contributed by atoms with E-state index in [1.807, 2.05) is 0 Å². The summed E-state index contributed by atoms with van der Waals surface area (Å²) >= 11 is 5.19. The van der Waals surface area contributed by atoms with Crippen LogP contribution in [0.4, 0.5) is 14.5 Å². The second kappa shape index (κ2) is 4.39. The molecule has 1 aromatic heterocycles. The van der Waals surface area contributed by atoms with Crippen LogP contribution in [0, 0.1) is 0 Å². The molecular weight excluding hydrogens is 230 g/mol. The number of hydrogen-bond donors (Lipinski definition) is 1. The molecule has 15 heavy (non-hydrogen) atoms. The van der Waals surface area contributed by atoms with Crippen LogP contribution in [0.3, 0.4) is 0 Å². The SMILES string of the molecule is COc1nc(C(F)F)c(N)cc1C(=O)Cl. The normalized spacial score (nSPS) is 10.5. The number of nitrogen functional groups attached to an aromatic ring is 1. The maximum atomic E-state index is 12.4. The van der Waals surface area contributed by atoms with E-state index in [0.717, 1.165) is 6.07 Å². The predicted octanol–water partition coefficient (Wildman–Crippen LogP) is 1.99. The average Bonchev–Trinajstić information content (AvgIpc) is 2.16. The number of carbonyl (C=O) groups is 1. The Morgan fingerprint density at radius 3 is 2.67 bits per heavy atom. The van der Waals surface area contributed by atoms with E-state index in [0.29, 0.717) is 0 Å². The summed E-state index contributed by atoms with van der Waals surface area (Å²) in [4.78, 5) is 14.3. The summed E-state index contributed by atoms with van der Waals surface area (Å²) in [6.07, 6.45) is -2.83. The fourth-order valence-corrected chi connectivity index (χ4v) is 1.13. The molecule has 0 unspecified atom stereocenters. The molecule has 0 atom stereocenters. The van der Waals surface area contributed by atoms with E-state index in [2.05, 4.69) is 9.72 Å². The zero-order valence-corrected chi connectivity index (χ0v) is 8.39. The van der Waals surface area contributed by atoms with Gasteiger partial charge in [0.15, 0.2) is 0 Å². The van der Waals surface area contributed by atoms with Gasteiger partial charge in [0.1, 0.15) is 5.69 Å². The number of hydrogen-bond acceptors (Lipinski definition) is 4. The van der Waals surface area contributed by atoms with Crippen LogP contribution in [0.25, 0.3) is 0 Å². The Morgan fingerprint density at radius 2 is 2.27 bits per heavy atom.